The third-order valence-electron chi connectivity index (χ3n) is 7.01. The molecule has 2 aliphatic rings. The normalized spacial score (nSPS) is 11.6. The summed E-state index contributed by atoms with van der Waals surface area (Å²) in [6.45, 7) is 6.90. The number of aromatic nitrogens is 4. The first-order valence-corrected chi connectivity index (χ1v) is 14.4. The van der Waals surface area contributed by atoms with E-state index < -0.39 is 11.9 Å². The van der Waals surface area contributed by atoms with Gasteiger partial charge in [0.2, 0.25) is 0 Å². The fourth-order valence-corrected chi connectivity index (χ4v) is 4.87. The summed E-state index contributed by atoms with van der Waals surface area (Å²) in [5, 5.41) is 0. The first-order valence-electron chi connectivity index (χ1n) is 14.4. The van der Waals surface area contributed by atoms with Gasteiger partial charge in [0.15, 0.2) is 0 Å². The molecule has 0 unspecified atom stereocenters. The van der Waals surface area contributed by atoms with Crippen molar-refractivity contribution in [3.05, 3.63) is 69.3 Å². The Morgan fingerprint density at radius 2 is 1.23 bits per heavy atom. The molecule has 2 aliphatic heterocycles. The number of carbonyl (C=O) groups is 3. The number of fused-ring (bicyclic) bond motifs is 8. The molecule has 3 aromatic rings. The Balaban J connectivity index is 0.00000442. The van der Waals surface area contributed by atoms with Crippen molar-refractivity contribution in [2.45, 2.75) is 46.5 Å². The second-order valence-electron chi connectivity index (χ2n) is 10.1. The van der Waals surface area contributed by atoms with Crippen molar-refractivity contribution in [3.8, 4) is 0 Å². The van der Waals surface area contributed by atoms with Crippen molar-refractivity contribution in [2.24, 2.45) is 0 Å². The average molecular weight is 636 g/mol. The zero-order valence-corrected chi connectivity index (χ0v) is 25.9. The van der Waals surface area contributed by atoms with Gasteiger partial charge in [-0.15, -0.1) is 22.1 Å². The summed E-state index contributed by atoms with van der Waals surface area (Å²) in [6, 6.07) is 7.17. The van der Waals surface area contributed by atoms with Gasteiger partial charge in [-0.05, 0) is 68.0 Å². The summed E-state index contributed by atoms with van der Waals surface area (Å²) in [7, 11) is 0. The summed E-state index contributed by atoms with van der Waals surface area (Å²) in [6.07, 6.45) is 9.50. The van der Waals surface area contributed by atoms with Gasteiger partial charge in [-0.1, -0.05) is 38.1 Å². The quantitative estimate of drug-likeness (QED) is 0.0606. The van der Waals surface area contributed by atoms with Crippen LogP contribution in [0.2, 0.25) is 0 Å². The number of hydrogen-bond acceptors (Lipinski definition) is 8. The molecule has 0 saturated heterocycles. The van der Waals surface area contributed by atoms with Crippen molar-refractivity contribution < 1.29 is 45.7 Å². The average Bonchev–Trinajstić information content (AvgIpc) is 3.83. The maximum atomic E-state index is 13.3. The first kappa shape index (κ1) is 32.4. The van der Waals surface area contributed by atoms with Gasteiger partial charge in [0.1, 0.15) is 0 Å². The minimum Gasteiger partial charge on any atom is -0.657 e. The Labute approximate surface area is 265 Å². The smallest absolute Gasteiger partial charge is 0.657 e. The van der Waals surface area contributed by atoms with E-state index in [0.29, 0.717) is 77.0 Å². The number of rotatable bonds is 11. The van der Waals surface area contributed by atoms with Crippen molar-refractivity contribution >= 4 is 64.8 Å². The van der Waals surface area contributed by atoms with E-state index >= 15 is 0 Å². The molecule has 0 aliphatic carbocycles. The van der Waals surface area contributed by atoms with E-state index in [-0.39, 0.29) is 48.0 Å². The number of esters is 2. The van der Waals surface area contributed by atoms with Crippen LogP contribution in [0.4, 0.5) is 0 Å². The summed E-state index contributed by atoms with van der Waals surface area (Å²) in [5.74, 6) is -1.02. The maximum absolute atomic E-state index is 13.3. The fourth-order valence-electron chi connectivity index (χ4n) is 4.87. The molecule has 0 saturated carbocycles. The van der Waals surface area contributed by atoms with Crippen LogP contribution in [0.15, 0.2) is 24.3 Å². The Hall–Kier alpha value is -4.47. The fraction of sp³-hybridized carbons (Fsp3) is 0.303. The van der Waals surface area contributed by atoms with Crippen molar-refractivity contribution in [1.82, 2.24) is 19.9 Å². The molecule has 3 aromatic heterocycles. The van der Waals surface area contributed by atoms with Crippen LogP contribution < -0.4 is 9.97 Å². The largest absolute Gasteiger partial charge is 2.00 e. The summed E-state index contributed by atoms with van der Waals surface area (Å²) in [4.78, 5) is 56.6. The SMILES string of the molecule is CCCOC(=O)c1c2nc(c(CCCOC=O)c3ccc([n-]3)c(C(=O)OCCC)c3nc(c(C)c4ccc1[n-]4)C=C3)C=C2.[Mn+2]. The van der Waals surface area contributed by atoms with Crippen molar-refractivity contribution in [2.75, 3.05) is 19.8 Å². The van der Waals surface area contributed by atoms with Crippen LogP contribution in [0, 0.1) is 6.92 Å². The molecule has 0 amide bonds. The molecule has 0 N–H and O–H groups in total. The second kappa shape index (κ2) is 14.8. The summed E-state index contributed by atoms with van der Waals surface area (Å²) >= 11 is 0. The van der Waals surface area contributed by atoms with E-state index in [1.54, 1.807) is 24.3 Å². The van der Waals surface area contributed by atoms with Gasteiger partial charge in [0.25, 0.3) is 6.47 Å². The third kappa shape index (κ3) is 6.85. The Morgan fingerprint density at radius 3 is 1.82 bits per heavy atom. The van der Waals surface area contributed by atoms with Gasteiger partial charge in [-0.3, -0.25) is 4.79 Å². The molecule has 8 bridgehead atoms. The van der Waals surface area contributed by atoms with Crippen LogP contribution in [0.5, 0.6) is 0 Å². The van der Waals surface area contributed by atoms with Crippen LogP contribution >= 0.6 is 0 Å². The number of ether oxygens (including phenoxy) is 3. The topological polar surface area (TPSA) is 133 Å². The van der Waals surface area contributed by atoms with Crippen LogP contribution in [0.3, 0.4) is 0 Å². The predicted octanol–water partition coefficient (Wildman–Crippen LogP) is 5.46. The molecule has 5 rings (SSSR count). The molecule has 0 aromatic carbocycles. The van der Waals surface area contributed by atoms with Gasteiger partial charge >= 0.3 is 29.0 Å². The molecule has 10 nitrogen and oxygen atoms in total. The molecule has 0 fully saturated rings. The van der Waals surface area contributed by atoms with E-state index in [9.17, 15) is 14.4 Å². The molecular weight excluding hydrogens is 603 g/mol. The summed E-state index contributed by atoms with van der Waals surface area (Å²) < 4.78 is 16.0. The minimum atomic E-state index is -0.511. The van der Waals surface area contributed by atoms with Crippen LogP contribution in [-0.2, 0) is 42.5 Å². The maximum Gasteiger partial charge on any atom is 2.00 e. The Kier molecular flexibility index (Phi) is 10.9. The molecular formula is C33H32MnN4O6. The molecule has 0 atom stereocenters. The van der Waals surface area contributed by atoms with Crippen LogP contribution in [-0.4, -0.2) is 48.2 Å². The monoisotopic (exact) mass is 635 g/mol. The minimum absolute atomic E-state index is 0. The molecule has 1 radical (unpaired) electrons. The molecule has 11 heteroatoms. The van der Waals surface area contributed by atoms with Gasteiger partial charge < -0.3 is 24.2 Å². The molecule has 227 valence electrons. The Bertz CT molecular complexity index is 1770. The van der Waals surface area contributed by atoms with E-state index in [1.807, 2.05) is 45.1 Å². The predicted molar refractivity (Wildman–Crippen MR) is 163 cm³/mol. The molecule has 5 heterocycles. The summed E-state index contributed by atoms with van der Waals surface area (Å²) in [5.41, 5.74) is 6.21. The number of hydrogen-bond donors (Lipinski definition) is 0. The first-order chi connectivity index (χ1) is 20.9. The van der Waals surface area contributed by atoms with Crippen molar-refractivity contribution in [3.63, 3.8) is 0 Å². The number of carbonyl (C=O) groups excluding carboxylic acids is 3. The zero-order valence-electron chi connectivity index (χ0n) is 24.8. The number of nitrogens with zero attached hydrogens (tertiary/aromatic N) is 4. The molecule has 44 heavy (non-hydrogen) atoms. The van der Waals surface area contributed by atoms with Gasteiger partial charge in [0, 0.05) is 0 Å². The molecule has 0 spiro atoms. The van der Waals surface area contributed by atoms with E-state index in [1.165, 1.54) is 0 Å². The standard InChI is InChI=1S/C33H33N4O6.Mn/c1-4-16-42-32(39)30-26-12-8-22(34-26)20(3)23-9-13-27(35-23)31(33(40)43-17-5-2)29-15-11-25(37-29)21(7-6-18-41-19-38)24-10-14-28(30)36-24;/h8-15,19H,4-7,16-18H2,1-3H3,(H-,34,35,36,37,39,40);/q-1;+2/p-1. The van der Waals surface area contributed by atoms with Gasteiger partial charge in [-0.2, -0.15) is 0 Å². The van der Waals surface area contributed by atoms with Gasteiger partial charge in [-0.25, -0.2) is 19.6 Å². The van der Waals surface area contributed by atoms with Crippen molar-refractivity contribution in [1.29, 1.82) is 0 Å². The second-order valence-corrected chi connectivity index (χ2v) is 10.1. The van der Waals surface area contributed by atoms with E-state index in [0.717, 1.165) is 11.1 Å². The van der Waals surface area contributed by atoms with Crippen LogP contribution in [0.25, 0.3) is 46.4 Å². The third-order valence-corrected chi connectivity index (χ3v) is 7.01. The Morgan fingerprint density at radius 1 is 0.727 bits per heavy atom. The number of aryl methyl sites for hydroxylation is 2. The van der Waals surface area contributed by atoms with Crippen LogP contribution in [0.1, 0.15) is 87.7 Å². The van der Waals surface area contributed by atoms with E-state index in [4.69, 9.17) is 34.1 Å². The van der Waals surface area contributed by atoms with E-state index in [2.05, 4.69) is 0 Å². The van der Waals surface area contributed by atoms with Gasteiger partial charge in [0.05, 0.1) is 53.7 Å². The zero-order chi connectivity index (χ0) is 30.3.